The SMILES string of the molecule is COc1ccc(C(=O)c2ccccc2)cc1C.COc1ccc(C(=O)c2ccccc2)cc1CBr. The fourth-order valence-corrected chi connectivity index (χ4v) is 3.99. The Bertz CT molecular complexity index is 1280. The van der Waals surface area contributed by atoms with E-state index in [9.17, 15) is 9.59 Å². The Morgan fingerprint density at radius 1 is 0.629 bits per heavy atom. The van der Waals surface area contributed by atoms with Crippen LogP contribution in [0.15, 0.2) is 97.1 Å². The average Bonchev–Trinajstić information content (AvgIpc) is 2.93. The molecule has 0 radical (unpaired) electrons. The lowest BCUT2D eigenvalue weighted by Gasteiger charge is -2.08. The molecule has 4 nitrogen and oxygen atoms in total. The molecule has 0 N–H and O–H groups in total. The van der Waals surface area contributed by atoms with Crippen molar-refractivity contribution in [1.82, 2.24) is 0 Å². The lowest BCUT2D eigenvalue weighted by Crippen LogP contribution is -2.02. The molecule has 0 bridgehead atoms. The molecule has 0 fully saturated rings. The van der Waals surface area contributed by atoms with Crippen LogP contribution in [-0.4, -0.2) is 25.8 Å². The van der Waals surface area contributed by atoms with Crippen LogP contribution in [-0.2, 0) is 5.33 Å². The van der Waals surface area contributed by atoms with Crippen LogP contribution in [0.25, 0.3) is 0 Å². The number of ketones is 2. The van der Waals surface area contributed by atoms with Gasteiger partial charge in [0.1, 0.15) is 11.5 Å². The van der Waals surface area contributed by atoms with E-state index in [0.29, 0.717) is 27.6 Å². The Labute approximate surface area is 214 Å². The summed E-state index contributed by atoms with van der Waals surface area (Å²) in [5.74, 6) is 1.66. The minimum Gasteiger partial charge on any atom is -0.496 e. The van der Waals surface area contributed by atoms with Gasteiger partial charge in [-0.2, -0.15) is 0 Å². The normalized spacial score (nSPS) is 10.1. The van der Waals surface area contributed by atoms with Crippen molar-refractivity contribution >= 4 is 27.5 Å². The minimum atomic E-state index is 0.0282. The maximum Gasteiger partial charge on any atom is 0.193 e. The summed E-state index contributed by atoms with van der Waals surface area (Å²) in [7, 11) is 3.25. The van der Waals surface area contributed by atoms with E-state index in [1.54, 1.807) is 26.4 Å². The molecule has 0 unspecified atom stereocenters. The first-order valence-corrected chi connectivity index (χ1v) is 12.2. The lowest BCUT2D eigenvalue weighted by atomic mass is 10.0. The number of hydrogen-bond donors (Lipinski definition) is 0. The van der Waals surface area contributed by atoms with Gasteiger partial charge in [0.15, 0.2) is 11.6 Å². The third-order valence-corrected chi connectivity index (χ3v) is 6.02. The van der Waals surface area contributed by atoms with Gasteiger partial charge < -0.3 is 9.47 Å². The van der Waals surface area contributed by atoms with E-state index in [0.717, 1.165) is 22.6 Å². The zero-order valence-electron chi connectivity index (χ0n) is 20.0. The first kappa shape index (κ1) is 25.9. The fraction of sp³-hybridized carbons (Fsp3) is 0.133. The van der Waals surface area contributed by atoms with Crippen LogP contribution in [0, 0.1) is 6.92 Å². The van der Waals surface area contributed by atoms with E-state index in [-0.39, 0.29) is 11.6 Å². The summed E-state index contributed by atoms with van der Waals surface area (Å²) in [6.07, 6.45) is 0. The molecular weight excluding hydrogens is 504 g/mol. The van der Waals surface area contributed by atoms with E-state index in [1.807, 2.05) is 91.9 Å². The number of rotatable bonds is 7. The predicted octanol–water partition coefficient (Wildman–Crippen LogP) is 7.06. The molecule has 0 aliphatic heterocycles. The molecule has 5 heteroatoms. The number of halogens is 1. The Hall–Kier alpha value is -3.70. The van der Waals surface area contributed by atoms with Crippen LogP contribution in [0.4, 0.5) is 0 Å². The van der Waals surface area contributed by atoms with Gasteiger partial charge >= 0.3 is 0 Å². The van der Waals surface area contributed by atoms with Crippen LogP contribution in [0.1, 0.15) is 43.0 Å². The molecule has 0 atom stereocenters. The number of carbonyl (C=O) groups is 2. The number of aryl methyl sites for hydroxylation is 1. The van der Waals surface area contributed by atoms with E-state index in [4.69, 9.17) is 9.47 Å². The second kappa shape index (κ2) is 12.7. The number of hydrogen-bond acceptors (Lipinski definition) is 4. The summed E-state index contributed by atoms with van der Waals surface area (Å²) >= 11 is 3.40. The van der Waals surface area contributed by atoms with Crippen molar-refractivity contribution in [3.05, 3.63) is 130 Å². The molecule has 4 aromatic carbocycles. The summed E-state index contributed by atoms with van der Waals surface area (Å²) < 4.78 is 10.4. The Balaban J connectivity index is 0.000000196. The largest absolute Gasteiger partial charge is 0.496 e. The second-order valence-corrected chi connectivity index (χ2v) is 8.30. The molecule has 0 aliphatic carbocycles. The van der Waals surface area contributed by atoms with Crippen LogP contribution in [0.2, 0.25) is 0 Å². The molecule has 4 rings (SSSR count). The molecule has 0 heterocycles. The number of ether oxygens (including phenoxy) is 2. The molecular formula is C30H27BrO4. The zero-order valence-corrected chi connectivity index (χ0v) is 21.5. The van der Waals surface area contributed by atoms with Gasteiger partial charge in [-0.3, -0.25) is 9.59 Å². The molecule has 35 heavy (non-hydrogen) atoms. The van der Waals surface area contributed by atoms with Crippen LogP contribution in [0.5, 0.6) is 11.5 Å². The Morgan fingerprint density at radius 2 is 1.09 bits per heavy atom. The highest BCUT2D eigenvalue weighted by Gasteiger charge is 2.12. The van der Waals surface area contributed by atoms with Gasteiger partial charge in [-0.05, 0) is 48.9 Å². The van der Waals surface area contributed by atoms with Crippen molar-refractivity contribution in [2.24, 2.45) is 0 Å². The highest BCUT2D eigenvalue weighted by molar-refractivity contribution is 9.08. The summed E-state index contributed by atoms with van der Waals surface area (Å²) in [5.41, 5.74) is 4.71. The third kappa shape index (κ3) is 6.67. The summed E-state index contributed by atoms with van der Waals surface area (Å²) in [5, 5.41) is 0.659. The van der Waals surface area contributed by atoms with Crippen molar-refractivity contribution in [3.63, 3.8) is 0 Å². The van der Waals surface area contributed by atoms with E-state index >= 15 is 0 Å². The standard InChI is InChI=1S/C15H13BrO2.C15H14O2/c1-18-14-8-7-12(9-13(14)10-16)15(17)11-5-3-2-4-6-11;1-11-10-13(8-9-14(11)17-2)15(16)12-6-4-3-5-7-12/h2-9H,10H2,1H3;3-10H,1-2H3. The van der Waals surface area contributed by atoms with Gasteiger partial charge in [-0.25, -0.2) is 0 Å². The molecule has 0 spiro atoms. The highest BCUT2D eigenvalue weighted by atomic mass is 79.9. The van der Waals surface area contributed by atoms with Gasteiger partial charge in [0.2, 0.25) is 0 Å². The molecule has 0 amide bonds. The first-order chi connectivity index (χ1) is 17.0. The maximum absolute atomic E-state index is 12.3. The zero-order chi connectivity index (χ0) is 25.2. The lowest BCUT2D eigenvalue weighted by molar-refractivity contribution is 0.103. The van der Waals surface area contributed by atoms with E-state index in [1.165, 1.54) is 0 Å². The Kier molecular flexibility index (Phi) is 9.39. The van der Waals surface area contributed by atoms with Gasteiger partial charge in [0, 0.05) is 33.1 Å². The Morgan fingerprint density at radius 3 is 1.51 bits per heavy atom. The van der Waals surface area contributed by atoms with E-state index < -0.39 is 0 Å². The predicted molar refractivity (Wildman–Crippen MR) is 143 cm³/mol. The highest BCUT2D eigenvalue weighted by Crippen LogP contribution is 2.24. The fourth-order valence-electron chi connectivity index (χ4n) is 3.56. The van der Waals surface area contributed by atoms with Crippen LogP contribution < -0.4 is 9.47 Å². The number of benzene rings is 4. The quantitative estimate of drug-likeness (QED) is 0.189. The second-order valence-electron chi connectivity index (χ2n) is 7.73. The van der Waals surface area contributed by atoms with Crippen molar-refractivity contribution in [3.8, 4) is 11.5 Å². The molecule has 0 saturated carbocycles. The first-order valence-electron chi connectivity index (χ1n) is 11.1. The van der Waals surface area contributed by atoms with Crippen molar-refractivity contribution in [2.45, 2.75) is 12.3 Å². The van der Waals surface area contributed by atoms with E-state index in [2.05, 4.69) is 15.9 Å². The molecule has 178 valence electrons. The van der Waals surface area contributed by atoms with Crippen molar-refractivity contribution < 1.29 is 19.1 Å². The third-order valence-electron chi connectivity index (χ3n) is 5.42. The molecule has 4 aromatic rings. The van der Waals surface area contributed by atoms with Crippen LogP contribution in [0.3, 0.4) is 0 Å². The summed E-state index contributed by atoms with van der Waals surface area (Å²) in [6, 6.07) is 29.5. The molecule has 0 saturated heterocycles. The monoisotopic (exact) mass is 530 g/mol. The van der Waals surface area contributed by atoms with Crippen molar-refractivity contribution in [1.29, 1.82) is 0 Å². The number of alkyl halides is 1. The van der Waals surface area contributed by atoms with Crippen LogP contribution >= 0.6 is 15.9 Å². The minimum absolute atomic E-state index is 0.0282. The topological polar surface area (TPSA) is 52.6 Å². The smallest absolute Gasteiger partial charge is 0.193 e. The van der Waals surface area contributed by atoms with Gasteiger partial charge in [0.05, 0.1) is 14.2 Å². The molecule has 0 aliphatic rings. The summed E-state index contributed by atoms with van der Waals surface area (Å²) in [6.45, 7) is 1.93. The summed E-state index contributed by atoms with van der Waals surface area (Å²) in [4.78, 5) is 24.4. The van der Waals surface area contributed by atoms with Gasteiger partial charge in [0.25, 0.3) is 0 Å². The van der Waals surface area contributed by atoms with Gasteiger partial charge in [-0.15, -0.1) is 0 Å². The average molecular weight is 531 g/mol. The molecule has 0 aromatic heterocycles. The van der Waals surface area contributed by atoms with Gasteiger partial charge in [-0.1, -0.05) is 76.6 Å². The maximum atomic E-state index is 12.3. The van der Waals surface area contributed by atoms with Crippen molar-refractivity contribution in [2.75, 3.05) is 14.2 Å². The number of methoxy groups -OCH3 is 2. The number of carbonyl (C=O) groups excluding carboxylic acids is 2.